The van der Waals surface area contributed by atoms with Crippen molar-refractivity contribution in [1.82, 2.24) is 20.1 Å². The van der Waals surface area contributed by atoms with E-state index in [1.165, 1.54) is 5.56 Å². The lowest BCUT2D eigenvalue weighted by molar-refractivity contribution is 0.722. The molecule has 0 aliphatic carbocycles. The fraction of sp³-hybridized carbons (Fsp3) is 0.176. The highest BCUT2D eigenvalue weighted by atomic mass is 15.3. The molecule has 0 amide bonds. The molecule has 106 valence electrons. The molecule has 4 nitrogen and oxygen atoms in total. The third-order valence-corrected chi connectivity index (χ3v) is 3.31. The minimum absolute atomic E-state index is 0.831. The topological polar surface area (TPSA) is 42.7 Å². The van der Waals surface area contributed by atoms with Crippen LogP contribution in [0.2, 0.25) is 0 Å². The zero-order valence-electron chi connectivity index (χ0n) is 12.0. The van der Waals surface area contributed by atoms with Crippen molar-refractivity contribution in [3.63, 3.8) is 0 Å². The first-order valence-corrected chi connectivity index (χ1v) is 7.13. The van der Waals surface area contributed by atoms with Gasteiger partial charge in [0.05, 0.1) is 6.20 Å². The Labute approximate surface area is 124 Å². The maximum absolute atomic E-state index is 4.47. The Hall–Kier alpha value is -2.46. The summed E-state index contributed by atoms with van der Waals surface area (Å²) >= 11 is 0. The summed E-state index contributed by atoms with van der Waals surface area (Å²) in [5, 5.41) is 7.68. The summed E-state index contributed by atoms with van der Waals surface area (Å²) in [6.45, 7) is 3.90. The zero-order valence-corrected chi connectivity index (χ0v) is 12.0. The van der Waals surface area contributed by atoms with Gasteiger partial charge in [0.25, 0.3) is 0 Å². The summed E-state index contributed by atoms with van der Waals surface area (Å²) in [4.78, 5) is 4.47. The Morgan fingerprint density at radius 3 is 2.57 bits per heavy atom. The van der Waals surface area contributed by atoms with Gasteiger partial charge in [-0.15, -0.1) is 0 Å². The molecular formula is C17H18N4. The van der Waals surface area contributed by atoms with Crippen molar-refractivity contribution in [1.29, 1.82) is 0 Å². The average molecular weight is 278 g/mol. The molecule has 0 atom stereocenters. The monoisotopic (exact) mass is 278 g/mol. The van der Waals surface area contributed by atoms with Gasteiger partial charge >= 0.3 is 0 Å². The second-order valence-corrected chi connectivity index (χ2v) is 4.84. The molecule has 0 aliphatic heterocycles. The Balaban J connectivity index is 1.80. The number of pyridine rings is 1. The predicted octanol–water partition coefficient (Wildman–Crippen LogP) is 3.04. The quantitative estimate of drug-likeness (QED) is 0.780. The van der Waals surface area contributed by atoms with Crippen LogP contribution in [0.5, 0.6) is 0 Å². The number of nitrogens with zero attached hydrogens (tertiary/aromatic N) is 3. The van der Waals surface area contributed by atoms with Gasteiger partial charge in [-0.2, -0.15) is 5.10 Å². The van der Waals surface area contributed by atoms with Gasteiger partial charge in [-0.3, -0.25) is 0 Å². The Kier molecular flexibility index (Phi) is 4.07. The Morgan fingerprint density at radius 2 is 1.86 bits per heavy atom. The molecule has 0 aliphatic rings. The van der Waals surface area contributed by atoms with E-state index in [4.69, 9.17) is 0 Å². The van der Waals surface area contributed by atoms with Crippen LogP contribution in [0.1, 0.15) is 12.5 Å². The van der Waals surface area contributed by atoms with E-state index < -0.39 is 0 Å². The van der Waals surface area contributed by atoms with Gasteiger partial charge in [0.2, 0.25) is 0 Å². The first kappa shape index (κ1) is 13.5. The highest BCUT2D eigenvalue weighted by Crippen LogP contribution is 2.19. The van der Waals surface area contributed by atoms with Crippen molar-refractivity contribution in [2.75, 3.05) is 6.54 Å². The van der Waals surface area contributed by atoms with Crippen molar-refractivity contribution >= 4 is 0 Å². The summed E-state index contributed by atoms with van der Waals surface area (Å²) in [5.41, 5.74) is 3.43. The second kappa shape index (κ2) is 6.33. The van der Waals surface area contributed by atoms with Gasteiger partial charge < -0.3 is 5.32 Å². The molecule has 3 aromatic rings. The van der Waals surface area contributed by atoms with Crippen LogP contribution in [-0.4, -0.2) is 21.3 Å². The zero-order chi connectivity index (χ0) is 14.5. The van der Waals surface area contributed by atoms with E-state index in [9.17, 15) is 0 Å². The SMILES string of the molecule is CCNCc1ccc(-n2cc(-c3ccccc3)cn2)nc1. The molecule has 0 fully saturated rings. The molecule has 2 aromatic heterocycles. The summed E-state index contributed by atoms with van der Waals surface area (Å²) in [6, 6.07) is 14.3. The molecule has 1 N–H and O–H groups in total. The first-order chi connectivity index (χ1) is 10.4. The molecule has 0 saturated carbocycles. The lowest BCUT2D eigenvalue weighted by Gasteiger charge is -2.03. The van der Waals surface area contributed by atoms with Crippen LogP contribution >= 0.6 is 0 Å². The van der Waals surface area contributed by atoms with E-state index in [0.717, 1.165) is 30.0 Å². The summed E-state index contributed by atoms with van der Waals surface area (Å²) in [6.07, 6.45) is 5.76. The third kappa shape index (κ3) is 3.17. The molecule has 0 spiro atoms. The van der Waals surface area contributed by atoms with Crippen molar-refractivity contribution < 1.29 is 0 Å². The normalized spacial score (nSPS) is 10.7. The van der Waals surface area contributed by atoms with Crippen LogP contribution < -0.4 is 5.32 Å². The maximum Gasteiger partial charge on any atom is 0.153 e. The molecule has 4 heteroatoms. The van der Waals surface area contributed by atoms with Crippen LogP contribution in [0.25, 0.3) is 16.9 Å². The summed E-state index contributed by atoms with van der Waals surface area (Å²) in [5.74, 6) is 0.831. The van der Waals surface area contributed by atoms with Gasteiger partial charge in [0.1, 0.15) is 0 Å². The molecule has 0 radical (unpaired) electrons. The summed E-state index contributed by atoms with van der Waals surface area (Å²) < 4.78 is 1.80. The van der Waals surface area contributed by atoms with Gasteiger partial charge in [-0.25, -0.2) is 9.67 Å². The van der Waals surface area contributed by atoms with E-state index in [-0.39, 0.29) is 0 Å². The number of benzene rings is 1. The molecular weight excluding hydrogens is 260 g/mol. The number of hydrogen-bond donors (Lipinski definition) is 1. The molecule has 3 rings (SSSR count). The smallest absolute Gasteiger partial charge is 0.153 e. The third-order valence-electron chi connectivity index (χ3n) is 3.31. The molecule has 0 saturated heterocycles. The summed E-state index contributed by atoms with van der Waals surface area (Å²) in [7, 11) is 0. The number of hydrogen-bond acceptors (Lipinski definition) is 3. The highest BCUT2D eigenvalue weighted by molar-refractivity contribution is 5.61. The lowest BCUT2D eigenvalue weighted by Crippen LogP contribution is -2.12. The fourth-order valence-electron chi connectivity index (χ4n) is 2.15. The lowest BCUT2D eigenvalue weighted by atomic mass is 10.1. The van der Waals surface area contributed by atoms with Gasteiger partial charge in [-0.1, -0.05) is 43.3 Å². The van der Waals surface area contributed by atoms with Crippen LogP contribution in [0.3, 0.4) is 0 Å². The van der Waals surface area contributed by atoms with Crippen molar-refractivity contribution in [3.8, 4) is 16.9 Å². The van der Waals surface area contributed by atoms with Crippen LogP contribution in [0, 0.1) is 0 Å². The Morgan fingerprint density at radius 1 is 1.00 bits per heavy atom. The average Bonchev–Trinajstić information content (AvgIpc) is 3.04. The van der Waals surface area contributed by atoms with Crippen molar-refractivity contribution in [3.05, 3.63) is 66.6 Å². The molecule has 1 aromatic carbocycles. The largest absolute Gasteiger partial charge is 0.313 e. The van der Waals surface area contributed by atoms with E-state index in [2.05, 4.69) is 40.5 Å². The molecule has 0 unspecified atom stereocenters. The van der Waals surface area contributed by atoms with Gasteiger partial charge in [0, 0.05) is 24.5 Å². The van der Waals surface area contributed by atoms with Crippen LogP contribution in [0.4, 0.5) is 0 Å². The van der Waals surface area contributed by atoms with Gasteiger partial charge in [-0.05, 0) is 23.7 Å². The van der Waals surface area contributed by atoms with E-state index in [1.54, 1.807) is 4.68 Å². The van der Waals surface area contributed by atoms with E-state index in [0.29, 0.717) is 0 Å². The molecule has 0 bridgehead atoms. The van der Waals surface area contributed by atoms with Crippen LogP contribution in [0.15, 0.2) is 61.1 Å². The minimum Gasteiger partial charge on any atom is -0.313 e. The van der Waals surface area contributed by atoms with E-state index >= 15 is 0 Å². The van der Waals surface area contributed by atoms with E-state index in [1.807, 2.05) is 42.9 Å². The van der Waals surface area contributed by atoms with Gasteiger partial charge in [0.15, 0.2) is 5.82 Å². The predicted molar refractivity (Wildman–Crippen MR) is 84.2 cm³/mol. The second-order valence-electron chi connectivity index (χ2n) is 4.84. The van der Waals surface area contributed by atoms with Crippen molar-refractivity contribution in [2.24, 2.45) is 0 Å². The standard InChI is InChI=1S/C17H18N4/c1-2-18-10-14-8-9-17(19-11-14)21-13-16(12-20-21)15-6-4-3-5-7-15/h3-9,11-13,18H,2,10H2,1H3. The molecule has 21 heavy (non-hydrogen) atoms. The van der Waals surface area contributed by atoms with Crippen LogP contribution in [-0.2, 0) is 6.54 Å². The number of aromatic nitrogens is 3. The first-order valence-electron chi connectivity index (χ1n) is 7.13. The highest BCUT2D eigenvalue weighted by Gasteiger charge is 2.04. The Bertz CT molecular complexity index is 686. The minimum atomic E-state index is 0.831. The van der Waals surface area contributed by atoms with Crippen molar-refractivity contribution in [2.45, 2.75) is 13.5 Å². The number of nitrogens with one attached hydrogen (secondary N) is 1. The molecule has 2 heterocycles. The maximum atomic E-state index is 4.47. The number of rotatable bonds is 5. The fourth-order valence-corrected chi connectivity index (χ4v) is 2.15.